The van der Waals surface area contributed by atoms with E-state index in [0.717, 1.165) is 12.1 Å². The highest BCUT2D eigenvalue weighted by molar-refractivity contribution is 6.39. The highest BCUT2D eigenvalue weighted by atomic mass is 35.5. The number of anilines is 4. The molecule has 2 aromatic carbocycles. The molecule has 2 amide bonds. The molecule has 15 heteroatoms. The number of aromatic nitrogens is 3. The van der Waals surface area contributed by atoms with Crippen molar-refractivity contribution in [3.8, 4) is 0 Å². The zero-order chi connectivity index (χ0) is 33.6. The molecule has 0 saturated carbocycles. The number of rotatable bonds is 7. The number of pyridine rings is 1. The van der Waals surface area contributed by atoms with Crippen LogP contribution in [0.25, 0.3) is 11.0 Å². The van der Waals surface area contributed by atoms with Gasteiger partial charge in [0.15, 0.2) is 0 Å². The van der Waals surface area contributed by atoms with Gasteiger partial charge in [-0.1, -0.05) is 56.1 Å². The van der Waals surface area contributed by atoms with Crippen molar-refractivity contribution < 1.29 is 27.2 Å². The lowest BCUT2D eigenvalue weighted by Gasteiger charge is -2.21. The first-order valence-electron chi connectivity index (χ1n) is 14.3. The lowest BCUT2D eigenvalue weighted by atomic mass is 9.95. The second-order valence-corrected chi connectivity index (χ2v) is 12.8. The molecule has 244 valence electrons. The first kappa shape index (κ1) is 33.3. The molecule has 1 unspecified atom stereocenters. The summed E-state index contributed by atoms with van der Waals surface area (Å²) in [7, 11) is 1.73. The summed E-state index contributed by atoms with van der Waals surface area (Å²) in [6.07, 6.45) is -5.54. The van der Waals surface area contributed by atoms with E-state index in [4.69, 9.17) is 23.2 Å². The first-order chi connectivity index (χ1) is 21.5. The number of carbonyl (C=O) groups is 2. The molecule has 1 atom stereocenters. The number of amides is 2. The molecule has 1 saturated heterocycles. The van der Waals surface area contributed by atoms with Crippen LogP contribution < -0.4 is 20.9 Å². The second kappa shape index (κ2) is 12.6. The van der Waals surface area contributed by atoms with Gasteiger partial charge in [0, 0.05) is 32.1 Å². The van der Waals surface area contributed by atoms with Crippen molar-refractivity contribution in [3.63, 3.8) is 0 Å². The van der Waals surface area contributed by atoms with E-state index < -0.39 is 29.4 Å². The Balaban J connectivity index is 1.50. The minimum atomic E-state index is -4.69. The minimum absolute atomic E-state index is 0.0420. The van der Waals surface area contributed by atoms with Crippen LogP contribution in [-0.4, -0.2) is 45.6 Å². The summed E-state index contributed by atoms with van der Waals surface area (Å²) < 4.78 is 55.6. The van der Waals surface area contributed by atoms with Gasteiger partial charge >= 0.3 is 6.18 Å². The van der Waals surface area contributed by atoms with Crippen LogP contribution in [-0.2, 0) is 24.6 Å². The quantitative estimate of drug-likeness (QED) is 0.175. The average Bonchev–Trinajstić information content (AvgIpc) is 3.55. The van der Waals surface area contributed by atoms with Gasteiger partial charge in [0.2, 0.25) is 11.9 Å². The summed E-state index contributed by atoms with van der Waals surface area (Å²) in [6.45, 7) is 5.94. The third-order valence-electron chi connectivity index (χ3n) is 7.52. The third kappa shape index (κ3) is 7.00. The highest BCUT2D eigenvalue weighted by Gasteiger charge is 2.33. The molecule has 3 heterocycles. The molecule has 4 aromatic rings. The Labute approximate surface area is 272 Å². The number of nitrogens with one attached hydrogen (secondary N) is 3. The molecule has 0 radical (unpaired) electrons. The van der Waals surface area contributed by atoms with Crippen LogP contribution in [0.1, 0.15) is 48.8 Å². The summed E-state index contributed by atoms with van der Waals surface area (Å²) in [5, 5.41) is 9.01. The number of halogens is 6. The van der Waals surface area contributed by atoms with Crippen molar-refractivity contribution in [1.82, 2.24) is 19.9 Å². The van der Waals surface area contributed by atoms with E-state index in [9.17, 15) is 27.2 Å². The fraction of sp³-hybridized carbons (Fsp3) is 0.355. The van der Waals surface area contributed by atoms with E-state index in [1.54, 1.807) is 55.5 Å². The van der Waals surface area contributed by atoms with E-state index >= 15 is 0 Å². The molecule has 5 rings (SSSR count). The van der Waals surface area contributed by atoms with Gasteiger partial charge in [-0.25, -0.2) is 14.4 Å². The summed E-state index contributed by atoms with van der Waals surface area (Å²) >= 11 is 13.2. The Morgan fingerprint density at radius 1 is 1.07 bits per heavy atom. The highest BCUT2D eigenvalue weighted by Crippen LogP contribution is 2.38. The maximum atomic E-state index is 14.3. The zero-order valence-corrected chi connectivity index (χ0v) is 26.8. The van der Waals surface area contributed by atoms with Crippen molar-refractivity contribution in [2.45, 2.75) is 46.1 Å². The summed E-state index contributed by atoms with van der Waals surface area (Å²) in [5.74, 6) is -0.869. The predicted molar refractivity (Wildman–Crippen MR) is 171 cm³/mol. The average molecular weight is 681 g/mol. The van der Waals surface area contributed by atoms with Gasteiger partial charge in [-0.15, -0.1) is 0 Å². The van der Waals surface area contributed by atoms with Crippen molar-refractivity contribution in [2.24, 2.45) is 12.5 Å². The number of benzene rings is 2. The Kier molecular flexibility index (Phi) is 9.11. The Morgan fingerprint density at radius 2 is 1.80 bits per heavy atom. The van der Waals surface area contributed by atoms with Crippen LogP contribution in [0.4, 0.5) is 40.7 Å². The minimum Gasteiger partial charge on any atom is -0.368 e. The molecular weight excluding hydrogens is 649 g/mol. The predicted octanol–water partition coefficient (Wildman–Crippen LogP) is 7.50. The van der Waals surface area contributed by atoms with Crippen molar-refractivity contribution in [1.29, 1.82) is 0 Å². The van der Waals surface area contributed by atoms with Crippen LogP contribution in [0, 0.1) is 5.41 Å². The molecule has 1 aliphatic rings. The molecule has 0 spiro atoms. The van der Waals surface area contributed by atoms with Gasteiger partial charge in [-0.3, -0.25) is 9.59 Å². The van der Waals surface area contributed by atoms with Gasteiger partial charge in [0.1, 0.15) is 17.7 Å². The molecule has 1 fully saturated rings. The molecule has 3 N–H and O–H groups in total. The van der Waals surface area contributed by atoms with Crippen molar-refractivity contribution >= 4 is 69.2 Å². The standard InChI is InChI=1S/C31H31Cl2F4N7O2/c1-30(2,3)28(46)38-14-16-8-9-19(32)26(25(16)33)42-29-39-20-12-18(21(13-22(20)43(29)4)44-11-10-17(34)15-44)27(45)41-24-7-5-6-23(40-24)31(35,36)37/h5-9,12-13,17H,10-11,14-15H2,1-4H3,(H,38,46)(H,39,42)(H,40,41,45). The van der Waals surface area contributed by atoms with Gasteiger partial charge in [-0.05, 0) is 42.3 Å². The monoisotopic (exact) mass is 679 g/mol. The fourth-order valence-corrected chi connectivity index (χ4v) is 5.50. The number of hydrogen-bond acceptors (Lipinski definition) is 6. The topological polar surface area (TPSA) is 104 Å². The maximum Gasteiger partial charge on any atom is 0.433 e. The first-order valence-corrected chi connectivity index (χ1v) is 15.1. The van der Waals surface area contributed by atoms with E-state index in [0.29, 0.717) is 45.5 Å². The number of hydrogen-bond donors (Lipinski definition) is 3. The largest absolute Gasteiger partial charge is 0.433 e. The summed E-state index contributed by atoms with van der Waals surface area (Å²) in [6, 6.07) is 9.71. The van der Waals surface area contributed by atoms with E-state index in [-0.39, 0.29) is 41.8 Å². The van der Waals surface area contributed by atoms with Crippen LogP contribution in [0.2, 0.25) is 10.0 Å². The van der Waals surface area contributed by atoms with Gasteiger partial charge in [0.05, 0.1) is 38.0 Å². The molecule has 9 nitrogen and oxygen atoms in total. The number of fused-ring (bicyclic) bond motifs is 1. The maximum absolute atomic E-state index is 14.3. The Morgan fingerprint density at radius 3 is 2.46 bits per heavy atom. The zero-order valence-electron chi connectivity index (χ0n) is 25.3. The van der Waals surface area contributed by atoms with E-state index in [1.165, 1.54) is 12.1 Å². The number of alkyl halides is 4. The van der Waals surface area contributed by atoms with Gasteiger partial charge in [0.25, 0.3) is 5.91 Å². The summed E-state index contributed by atoms with van der Waals surface area (Å²) in [5.41, 5.74) is 0.631. The number of imidazole rings is 1. The van der Waals surface area contributed by atoms with Crippen LogP contribution in [0.15, 0.2) is 42.5 Å². The van der Waals surface area contributed by atoms with Crippen LogP contribution >= 0.6 is 23.2 Å². The molecular formula is C31H31Cl2F4N7O2. The molecule has 0 bridgehead atoms. The molecule has 46 heavy (non-hydrogen) atoms. The lowest BCUT2D eigenvalue weighted by Crippen LogP contribution is -2.34. The van der Waals surface area contributed by atoms with Crippen molar-refractivity contribution in [2.75, 3.05) is 28.6 Å². The molecule has 0 aliphatic carbocycles. The Bertz CT molecular complexity index is 1820. The third-order valence-corrected chi connectivity index (χ3v) is 8.27. The molecule has 2 aromatic heterocycles. The number of nitrogens with zero attached hydrogens (tertiary/aromatic N) is 4. The van der Waals surface area contributed by atoms with E-state index in [1.807, 2.05) is 0 Å². The van der Waals surface area contributed by atoms with Crippen LogP contribution in [0.3, 0.4) is 0 Å². The SMILES string of the molecule is Cn1c(Nc2c(Cl)ccc(CNC(=O)C(C)(C)C)c2Cl)nc2cc(C(=O)Nc3cccc(C(F)(F)F)n3)c(N3CCC(F)C3)cc21. The van der Waals surface area contributed by atoms with Crippen LogP contribution in [0.5, 0.6) is 0 Å². The fourth-order valence-electron chi connectivity index (χ4n) is 4.96. The van der Waals surface area contributed by atoms with Crippen molar-refractivity contribution in [3.05, 3.63) is 69.3 Å². The lowest BCUT2D eigenvalue weighted by molar-refractivity contribution is -0.141. The van der Waals surface area contributed by atoms with Gasteiger partial charge in [-0.2, -0.15) is 13.2 Å². The number of aryl methyl sites for hydroxylation is 1. The second-order valence-electron chi connectivity index (χ2n) is 12.0. The molecule has 1 aliphatic heterocycles. The Hall–Kier alpha value is -4.10. The summed E-state index contributed by atoms with van der Waals surface area (Å²) in [4.78, 5) is 35.8. The normalized spacial score (nSPS) is 15.3. The smallest absolute Gasteiger partial charge is 0.368 e. The van der Waals surface area contributed by atoms with Gasteiger partial charge < -0.3 is 25.4 Å². The van der Waals surface area contributed by atoms with E-state index in [2.05, 4.69) is 25.9 Å². The number of carbonyl (C=O) groups excluding carboxylic acids is 2.